The van der Waals surface area contributed by atoms with Crippen molar-refractivity contribution in [1.82, 2.24) is 10.3 Å². The number of amides is 1. The number of alkyl carbamates (subject to hydrolysis) is 1. The molecular formula is C23H28N2O3. The summed E-state index contributed by atoms with van der Waals surface area (Å²) in [5, 5.41) is 3.91. The van der Waals surface area contributed by atoms with Gasteiger partial charge < -0.3 is 15.0 Å². The monoisotopic (exact) mass is 380 g/mol. The molecule has 1 heterocycles. The van der Waals surface area contributed by atoms with E-state index in [1.165, 1.54) is 0 Å². The molecule has 0 radical (unpaired) electrons. The Bertz CT molecular complexity index is 946. The molecule has 1 aromatic heterocycles. The van der Waals surface area contributed by atoms with Gasteiger partial charge in [0.25, 0.3) is 0 Å². The van der Waals surface area contributed by atoms with Crippen molar-refractivity contribution >= 4 is 22.8 Å². The largest absolute Gasteiger partial charge is 0.444 e. The Balaban J connectivity index is 1.93. The van der Waals surface area contributed by atoms with Crippen LogP contribution in [0.4, 0.5) is 4.79 Å². The lowest BCUT2D eigenvalue weighted by molar-refractivity contribution is -0.121. The van der Waals surface area contributed by atoms with Gasteiger partial charge in [0.2, 0.25) is 0 Å². The molecule has 5 nitrogen and oxygen atoms in total. The van der Waals surface area contributed by atoms with Crippen molar-refractivity contribution in [2.24, 2.45) is 0 Å². The normalized spacial score (nSPS) is 16.4. The lowest BCUT2D eigenvalue weighted by Crippen LogP contribution is -2.55. The number of benzene rings is 1. The number of nitrogens with one attached hydrogen (secondary N) is 2. The number of hydrogen-bond donors (Lipinski definition) is 2. The highest BCUT2D eigenvalue weighted by molar-refractivity contribution is 6.04. The zero-order valence-electron chi connectivity index (χ0n) is 17.0. The molecule has 1 aliphatic carbocycles. The van der Waals surface area contributed by atoms with E-state index in [9.17, 15) is 9.59 Å². The third-order valence-corrected chi connectivity index (χ3v) is 4.80. The van der Waals surface area contributed by atoms with Gasteiger partial charge in [0.05, 0.1) is 0 Å². The minimum Gasteiger partial charge on any atom is -0.444 e. The first-order valence-corrected chi connectivity index (χ1v) is 9.65. The molecule has 2 N–H and O–H groups in total. The predicted octanol–water partition coefficient (Wildman–Crippen LogP) is 4.84. The van der Waals surface area contributed by atoms with E-state index in [2.05, 4.69) is 10.3 Å². The number of carbonyl (C=O) groups is 2. The number of carbonyl (C=O) groups excluding carboxylic acids is 2. The van der Waals surface area contributed by atoms with Gasteiger partial charge in [0.15, 0.2) is 5.78 Å². The molecule has 1 aliphatic rings. The van der Waals surface area contributed by atoms with Crippen LogP contribution in [0.25, 0.3) is 10.9 Å². The number of aromatic nitrogens is 1. The second-order valence-electron chi connectivity index (χ2n) is 8.48. The third-order valence-electron chi connectivity index (χ3n) is 4.80. The summed E-state index contributed by atoms with van der Waals surface area (Å²) >= 11 is 0. The number of ketones is 1. The lowest BCUT2D eigenvalue weighted by atomic mass is 9.82. The van der Waals surface area contributed by atoms with Crippen molar-refractivity contribution in [3.05, 3.63) is 59.8 Å². The van der Waals surface area contributed by atoms with E-state index in [-0.39, 0.29) is 5.78 Å². The number of rotatable bonds is 5. The zero-order valence-corrected chi connectivity index (χ0v) is 17.0. The fourth-order valence-electron chi connectivity index (χ4n) is 3.52. The molecule has 1 atom stereocenters. The Morgan fingerprint density at radius 3 is 2.61 bits per heavy atom. The topological polar surface area (TPSA) is 71.2 Å². The average Bonchev–Trinajstić information content (AvgIpc) is 3.03. The number of para-hydroxylation sites is 1. The highest BCUT2D eigenvalue weighted by Crippen LogP contribution is 2.27. The van der Waals surface area contributed by atoms with Gasteiger partial charge in [-0.3, -0.25) is 4.79 Å². The van der Waals surface area contributed by atoms with Crippen LogP contribution in [0, 0.1) is 0 Å². The molecule has 0 unspecified atom stereocenters. The summed E-state index contributed by atoms with van der Waals surface area (Å²) in [6.45, 7) is 7.19. The lowest BCUT2D eigenvalue weighted by Gasteiger charge is -2.32. The summed E-state index contributed by atoms with van der Waals surface area (Å²) in [5.41, 5.74) is 0.964. The molecule has 28 heavy (non-hydrogen) atoms. The van der Waals surface area contributed by atoms with E-state index < -0.39 is 17.2 Å². The summed E-state index contributed by atoms with van der Waals surface area (Å²) in [6, 6.07) is 7.94. The molecule has 2 aromatic rings. The van der Waals surface area contributed by atoms with Crippen LogP contribution in [0.2, 0.25) is 0 Å². The number of hydrogen-bond acceptors (Lipinski definition) is 3. The molecule has 1 amide bonds. The molecule has 1 aromatic carbocycles. The van der Waals surface area contributed by atoms with Crippen LogP contribution >= 0.6 is 0 Å². The van der Waals surface area contributed by atoms with E-state index >= 15 is 0 Å². The quantitative estimate of drug-likeness (QED) is 0.780. The van der Waals surface area contributed by atoms with Crippen molar-refractivity contribution in [2.45, 2.75) is 58.1 Å². The highest BCUT2D eigenvalue weighted by Gasteiger charge is 2.38. The van der Waals surface area contributed by atoms with E-state index in [1.807, 2.05) is 48.7 Å². The van der Waals surface area contributed by atoms with Crippen LogP contribution in [-0.4, -0.2) is 28.0 Å². The first-order valence-electron chi connectivity index (χ1n) is 9.65. The second kappa shape index (κ2) is 7.66. The van der Waals surface area contributed by atoms with Gasteiger partial charge in [0, 0.05) is 23.5 Å². The number of allylic oxidation sites excluding steroid dienone is 3. The maximum atomic E-state index is 13.4. The van der Waals surface area contributed by atoms with E-state index in [1.54, 1.807) is 27.7 Å². The first kappa shape index (κ1) is 19.9. The van der Waals surface area contributed by atoms with Gasteiger partial charge in [-0.1, -0.05) is 36.4 Å². The molecule has 0 aliphatic heterocycles. The maximum Gasteiger partial charge on any atom is 0.408 e. The molecule has 5 heteroatoms. The van der Waals surface area contributed by atoms with Gasteiger partial charge in [-0.05, 0) is 57.7 Å². The van der Waals surface area contributed by atoms with Gasteiger partial charge >= 0.3 is 6.09 Å². The second-order valence-corrected chi connectivity index (χ2v) is 8.48. The molecule has 0 spiro atoms. The zero-order chi connectivity index (χ0) is 20.4. The van der Waals surface area contributed by atoms with Crippen molar-refractivity contribution in [2.75, 3.05) is 0 Å². The molecule has 3 rings (SSSR count). The number of aromatic amines is 1. The third kappa shape index (κ3) is 4.53. The number of ether oxygens (including phenoxy) is 1. The smallest absolute Gasteiger partial charge is 0.408 e. The Kier molecular flexibility index (Phi) is 5.45. The van der Waals surface area contributed by atoms with Crippen molar-refractivity contribution in [3.8, 4) is 0 Å². The molecule has 0 fully saturated rings. The van der Waals surface area contributed by atoms with E-state index in [0.29, 0.717) is 12.8 Å². The minimum atomic E-state index is -1.11. The van der Waals surface area contributed by atoms with Crippen LogP contribution < -0.4 is 5.32 Å². The Hall–Kier alpha value is -2.82. The van der Waals surface area contributed by atoms with Gasteiger partial charge in [0.1, 0.15) is 11.1 Å². The van der Waals surface area contributed by atoms with Crippen LogP contribution in [0.15, 0.2) is 54.3 Å². The van der Waals surface area contributed by atoms with Gasteiger partial charge in [-0.15, -0.1) is 0 Å². The van der Waals surface area contributed by atoms with Crippen LogP contribution in [0.5, 0.6) is 0 Å². The fraction of sp³-hybridized carbons (Fsp3) is 0.391. The van der Waals surface area contributed by atoms with Crippen LogP contribution in [-0.2, 0) is 16.0 Å². The molecule has 148 valence electrons. The number of H-pyrrole nitrogens is 1. The molecular weight excluding hydrogens is 352 g/mol. The van der Waals surface area contributed by atoms with Crippen LogP contribution in [0.3, 0.4) is 0 Å². The van der Waals surface area contributed by atoms with E-state index in [4.69, 9.17) is 4.74 Å². The molecule has 0 bridgehead atoms. The Morgan fingerprint density at radius 2 is 1.93 bits per heavy atom. The molecule has 0 saturated carbocycles. The summed E-state index contributed by atoms with van der Waals surface area (Å²) in [6.07, 6.45) is 8.97. The maximum absolute atomic E-state index is 13.4. The standard InChI is InChI=1S/C23H28N2O3/c1-22(2,3)28-21(27)25-23(4,20(26)16-10-6-5-7-11-16)14-17-15-24-19-13-9-8-12-18(17)19/h5-6,8-10,12-13,15,24H,7,11,14H2,1-4H3,(H,25,27)/t23-/m0/s1. The van der Waals surface area contributed by atoms with Gasteiger partial charge in [-0.25, -0.2) is 4.79 Å². The van der Waals surface area contributed by atoms with Crippen molar-refractivity contribution < 1.29 is 14.3 Å². The predicted molar refractivity (Wildman–Crippen MR) is 111 cm³/mol. The van der Waals surface area contributed by atoms with Gasteiger partial charge in [-0.2, -0.15) is 0 Å². The summed E-state index contributed by atoms with van der Waals surface area (Å²) in [4.78, 5) is 29.2. The Labute approximate surface area is 165 Å². The summed E-state index contributed by atoms with van der Waals surface area (Å²) < 4.78 is 5.43. The van der Waals surface area contributed by atoms with E-state index in [0.717, 1.165) is 28.5 Å². The Morgan fingerprint density at radius 1 is 1.18 bits per heavy atom. The number of fused-ring (bicyclic) bond motifs is 1. The minimum absolute atomic E-state index is 0.0759. The first-order chi connectivity index (χ1) is 13.2. The summed E-state index contributed by atoms with van der Waals surface area (Å²) in [5.74, 6) is -0.0759. The van der Waals surface area contributed by atoms with Crippen molar-refractivity contribution in [1.29, 1.82) is 0 Å². The summed E-state index contributed by atoms with van der Waals surface area (Å²) in [7, 11) is 0. The van der Waals surface area contributed by atoms with Crippen LogP contribution in [0.1, 0.15) is 46.1 Å². The van der Waals surface area contributed by atoms with Crippen molar-refractivity contribution in [3.63, 3.8) is 0 Å². The fourth-order valence-corrected chi connectivity index (χ4v) is 3.52. The average molecular weight is 380 g/mol. The highest BCUT2D eigenvalue weighted by atomic mass is 16.6. The molecule has 0 saturated heterocycles. The number of Topliss-reactive ketones (excluding diaryl/α,β-unsaturated/α-hetero) is 1. The SMILES string of the molecule is CC(C)(C)OC(=O)N[C@@](C)(Cc1c[nH]c2ccccc12)C(=O)C1=CC=CCC1.